The molecule has 1 aliphatic heterocycles. The van der Waals surface area contributed by atoms with Gasteiger partial charge in [0.05, 0.1) is 19.3 Å². The van der Waals surface area contributed by atoms with E-state index in [1.54, 1.807) is 4.90 Å². The van der Waals surface area contributed by atoms with Crippen molar-refractivity contribution in [1.29, 1.82) is 0 Å². The molecule has 2 unspecified atom stereocenters. The van der Waals surface area contributed by atoms with Gasteiger partial charge in [0.15, 0.2) is 0 Å². The van der Waals surface area contributed by atoms with Crippen molar-refractivity contribution < 1.29 is 24.5 Å². The molecule has 146 valence electrons. The average molecular weight is 366 g/mol. The maximum absolute atomic E-state index is 12.2. The van der Waals surface area contributed by atoms with Gasteiger partial charge in [-0.1, -0.05) is 6.07 Å². The zero-order valence-corrected chi connectivity index (χ0v) is 15.8. The zero-order chi connectivity index (χ0) is 19.2. The van der Waals surface area contributed by atoms with Crippen LogP contribution in [0.1, 0.15) is 33.6 Å². The van der Waals surface area contributed by atoms with E-state index < -0.39 is 11.7 Å². The van der Waals surface area contributed by atoms with Gasteiger partial charge in [-0.05, 0) is 45.7 Å². The van der Waals surface area contributed by atoms with Gasteiger partial charge in [-0.15, -0.1) is 0 Å². The molecule has 7 nitrogen and oxygen atoms in total. The SMILES string of the molecule is CC(C)(C)OC(=O)N1CCCC(Oc2cccc(NCC(O)CO)c2)C1. The molecule has 7 heteroatoms. The van der Waals surface area contributed by atoms with Crippen molar-refractivity contribution in [3.8, 4) is 5.75 Å². The molecule has 1 aliphatic rings. The molecule has 0 spiro atoms. The van der Waals surface area contributed by atoms with Crippen molar-refractivity contribution in [2.75, 3.05) is 31.6 Å². The molecule has 1 aromatic carbocycles. The lowest BCUT2D eigenvalue weighted by Gasteiger charge is -2.34. The molecule has 1 heterocycles. The number of amides is 1. The van der Waals surface area contributed by atoms with E-state index in [4.69, 9.17) is 14.6 Å². The number of aliphatic hydroxyl groups is 2. The van der Waals surface area contributed by atoms with Gasteiger partial charge in [0.1, 0.15) is 17.5 Å². The first-order valence-electron chi connectivity index (χ1n) is 9.04. The minimum absolute atomic E-state index is 0.0884. The molecule has 0 aliphatic carbocycles. The summed E-state index contributed by atoms with van der Waals surface area (Å²) in [5.74, 6) is 0.699. The maximum Gasteiger partial charge on any atom is 0.410 e. The Bertz CT molecular complexity index is 588. The summed E-state index contributed by atoms with van der Waals surface area (Å²) in [6, 6.07) is 7.43. The van der Waals surface area contributed by atoms with Crippen molar-refractivity contribution in [3.63, 3.8) is 0 Å². The maximum atomic E-state index is 12.2. The number of anilines is 1. The van der Waals surface area contributed by atoms with Gasteiger partial charge in [0.25, 0.3) is 0 Å². The Morgan fingerprint density at radius 2 is 2.19 bits per heavy atom. The molecule has 3 N–H and O–H groups in total. The highest BCUT2D eigenvalue weighted by molar-refractivity contribution is 5.68. The highest BCUT2D eigenvalue weighted by Gasteiger charge is 2.28. The van der Waals surface area contributed by atoms with E-state index in [-0.39, 0.29) is 25.3 Å². The molecular formula is C19H30N2O5. The van der Waals surface area contributed by atoms with Crippen LogP contribution in [0.5, 0.6) is 5.75 Å². The Labute approximate surface area is 154 Å². The summed E-state index contributed by atoms with van der Waals surface area (Å²) >= 11 is 0. The predicted molar refractivity (Wildman–Crippen MR) is 99.5 cm³/mol. The van der Waals surface area contributed by atoms with Crippen LogP contribution in [-0.4, -0.2) is 65.3 Å². The van der Waals surface area contributed by atoms with Gasteiger partial charge in [-0.2, -0.15) is 0 Å². The van der Waals surface area contributed by atoms with Crippen LogP contribution in [0.2, 0.25) is 0 Å². The highest BCUT2D eigenvalue weighted by Crippen LogP contribution is 2.23. The number of likely N-dealkylation sites (tertiary alicyclic amines) is 1. The molecule has 0 aromatic heterocycles. The number of carbonyl (C=O) groups is 1. The largest absolute Gasteiger partial charge is 0.489 e. The monoisotopic (exact) mass is 366 g/mol. The van der Waals surface area contributed by atoms with E-state index in [1.807, 2.05) is 45.0 Å². The molecule has 2 rings (SSSR count). The second kappa shape index (κ2) is 9.09. The van der Waals surface area contributed by atoms with Crippen LogP contribution in [0.25, 0.3) is 0 Å². The van der Waals surface area contributed by atoms with Crippen molar-refractivity contribution in [2.45, 2.75) is 51.4 Å². The molecule has 0 radical (unpaired) electrons. The number of ether oxygens (including phenoxy) is 2. The van der Waals surface area contributed by atoms with E-state index in [2.05, 4.69) is 5.32 Å². The number of nitrogens with one attached hydrogen (secondary N) is 1. The van der Waals surface area contributed by atoms with Crippen LogP contribution in [0, 0.1) is 0 Å². The fourth-order valence-corrected chi connectivity index (χ4v) is 2.70. The lowest BCUT2D eigenvalue weighted by Crippen LogP contribution is -2.46. The Kier molecular flexibility index (Phi) is 7.11. The normalized spacial score (nSPS) is 19.0. The van der Waals surface area contributed by atoms with Gasteiger partial charge in [-0.3, -0.25) is 0 Å². The van der Waals surface area contributed by atoms with Gasteiger partial charge in [-0.25, -0.2) is 4.79 Å². The number of aliphatic hydroxyl groups excluding tert-OH is 2. The van der Waals surface area contributed by atoms with E-state index >= 15 is 0 Å². The first-order chi connectivity index (χ1) is 12.3. The number of carbonyl (C=O) groups excluding carboxylic acids is 1. The lowest BCUT2D eigenvalue weighted by atomic mass is 10.1. The van der Waals surface area contributed by atoms with Crippen molar-refractivity contribution >= 4 is 11.8 Å². The van der Waals surface area contributed by atoms with E-state index in [0.717, 1.165) is 18.5 Å². The molecule has 0 bridgehead atoms. The smallest absolute Gasteiger partial charge is 0.410 e. The molecule has 1 saturated heterocycles. The minimum Gasteiger partial charge on any atom is -0.489 e. The van der Waals surface area contributed by atoms with Crippen LogP contribution < -0.4 is 10.1 Å². The van der Waals surface area contributed by atoms with Gasteiger partial charge < -0.3 is 29.9 Å². The standard InChI is InChI=1S/C19H30N2O5/c1-19(2,3)26-18(24)21-9-5-8-17(12-21)25-16-7-4-6-14(10-16)20-11-15(23)13-22/h4,6-7,10,15,17,20,22-23H,5,8-9,11-13H2,1-3H3. The summed E-state index contributed by atoms with van der Waals surface area (Å²) in [7, 11) is 0. The average Bonchev–Trinajstić information content (AvgIpc) is 2.59. The second-order valence-electron chi connectivity index (χ2n) is 7.55. The quantitative estimate of drug-likeness (QED) is 0.715. The molecule has 2 atom stereocenters. The topological polar surface area (TPSA) is 91.3 Å². The summed E-state index contributed by atoms with van der Waals surface area (Å²) in [5, 5.41) is 21.3. The Morgan fingerprint density at radius 1 is 1.42 bits per heavy atom. The number of hydrogen-bond acceptors (Lipinski definition) is 6. The lowest BCUT2D eigenvalue weighted by molar-refractivity contribution is 0.00776. The van der Waals surface area contributed by atoms with Gasteiger partial charge in [0.2, 0.25) is 0 Å². The fourth-order valence-electron chi connectivity index (χ4n) is 2.70. The zero-order valence-electron chi connectivity index (χ0n) is 15.8. The van der Waals surface area contributed by atoms with Crippen LogP contribution in [0.15, 0.2) is 24.3 Å². The number of rotatable bonds is 6. The highest BCUT2D eigenvalue weighted by atomic mass is 16.6. The number of hydrogen-bond donors (Lipinski definition) is 3. The number of piperidine rings is 1. The Balaban J connectivity index is 1.90. The third-order valence-corrected chi connectivity index (χ3v) is 3.92. The van der Waals surface area contributed by atoms with Crippen molar-refractivity contribution in [2.24, 2.45) is 0 Å². The van der Waals surface area contributed by atoms with E-state index in [1.165, 1.54) is 0 Å². The summed E-state index contributed by atoms with van der Waals surface area (Å²) in [6.45, 7) is 6.71. The molecule has 1 amide bonds. The minimum atomic E-state index is -0.805. The second-order valence-corrected chi connectivity index (χ2v) is 7.55. The molecular weight excluding hydrogens is 336 g/mol. The summed E-state index contributed by atoms with van der Waals surface area (Å²) in [4.78, 5) is 13.9. The number of benzene rings is 1. The van der Waals surface area contributed by atoms with Gasteiger partial charge >= 0.3 is 6.09 Å². The predicted octanol–water partition coefficient (Wildman–Crippen LogP) is 2.23. The first kappa shape index (κ1) is 20.3. The molecule has 0 saturated carbocycles. The van der Waals surface area contributed by atoms with Crippen LogP contribution in [0.4, 0.5) is 10.5 Å². The van der Waals surface area contributed by atoms with Crippen LogP contribution in [-0.2, 0) is 4.74 Å². The molecule has 26 heavy (non-hydrogen) atoms. The first-order valence-corrected chi connectivity index (χ1v) is 9.04. The summed E-state index contributed by atoms with van der Waals surface area (Å²) < 4.78 is 11.5. The van der Waals surface area contributed by atoms with E-state index in [9.17, 15) is 9.90 Å². The van der Waals surface area contributed by atoms with Gasteiger partial charge in [0, 0.05) is 24.8 Å². The van der Waals surface area contributed by atoms with Crippen molar-refractivity contribution in [1.82, 2.24) is 4.90 Å². The van der Waals surface area contributed by atoms with E-state index in [0.29, 0.717) is 18.8 Å². The molecule has 1 aromatic rings. The molecule has 1 fully saturated rings. The Hall–Kier alpha value is -1.99. The number of nitrogens with zero attached hydrogens (tertiary/aromatic N) is 1. The third kappa shape index (κ3) is 6.72. The van der Waals surface area contributed by atoms with Crippen LogP contribution >= 0.6 is 0 Å². The fraction of sp³-hybridized carbons (Fsp3) is 0.632. The van der Waals surface area contributed by atoms with Crippen LogP contribution in [0.3, 0.4) is 0 Å². The summed E-state index contributed by atoms with van der Waals surface area (Å²) in [6.07, 6.45) is 0.541. The van der Waals surface area contributed by atoms with Crippen molar-refractivity contribution in [3.05, 3.63) is 24.3 Å². The third-order valence-electron chi connectivity index (χ3n) is 3.92. The Morgan fingerprint density at radius 3 is 2.88 bits per heavy atom. The summed E-state index contributed by atoms with van der Waals surface area (Å²) in [5.41, 5.74) is 0.291.